The highest BCUT2D eigenvalue weighted by molar-refractivity contribution is 6.34. The first-order valence-electron chi connectivity index (χ1n) is 7.63. The SMILES string of the molecule is NCc1ccc(F)c(-c2cc(-c3cccc(NC(=O)CCl)c3)on2)c1Cl. The quantitative estimate of drug-likeness (QED) is 0.627. The normalized spacial score (nSPS) is 10.8. The van der Waals surface area contributed by atoms with Gasteiger partial charge in [-0.1, -0.05) is 35.0 Å². The molecule has 3 rings (SSSR count). The molecule has 26 heavy (non-hydrogen) atoms. The Morgan fingerprint density at radius 3 is 2.81 bits per heavy atom. The van der Waals surface area contributed by atoms with E-state index in [2.05, 4.69) is 10.5 Å². The van der Waals surface area contributed by atoms with Crippen molar-refractivity contribution in [2.75, 3.05) is 11.2 Å². The molecule has 0 radical (unpaired) electrons. The lowest BCUT2D eigenvalue weighted by molar-refractivity contribution is -0.113. The van der Waals surface area contributed by atoms with Crippen LogP contribution in [0.25, 0.3) is 22.6 Å². The van der Waals surface area contributed by atoms with E-state index in [9.17, 15) is 9.18 Å². The maximum Gasteiger partial charge on any atom is 0.239 e. The van der Waals surface area contributed by atoms with Gasteiger partial charge in [-0.25, -0.2) is 4.39 Å². The zero-order valence-corrected chi connectivity index (χ0v) is 14.9. The van der Waals surface area contributed by atoms with E-state index in [1.165, 1.54) is 12.1 Å². The third-order valence-corrected chi connectivity index (χ3v) is 4.38. The Morgan fingerprint density at radius 1 is 1.27 bits per heavy atom. The zero-order valence-electron chi connectivity index (χ0n) is 13.4. The second-order valence-corrected chi connectivity index (χ2v) is 6.08. The van der Waals surface area contributed by atoms with E-state index >= 15 is 0 Å². The van der Waals surface area contributed by atoms with Gasteiger partial charge in [-0.3, -0.25) is 4.79 Å². The van der Waals surface area contributed by atoms with E-state index in [0.29, 0.717) is 22.6 Å². The number of carbonyl (C=O) groups excluding carboxylic acids is 1. The molecule has 3 aromatic rings. The number of hydrogen-bond donors (Lipinski definition) is 2. The number of carbonyl (C=O) groups is 1. The van der Waals surface area contributed by atoms with Gasteiger partial charge in [-0.2, -0.15) is 0 Å². The van der Waals surface area contributed by atoms with E-state index in [-0.39, 0.29) is 34.6 Å². The Labute approximate surface area is 158 Å². The maximum absolute atomic E-state index is 14.2. The molecule has 0 aliphatic rings. The number of benzene rings is 2. The summed E-state index contributed by atoms with van der Waals surface area (Å²) in [5.74, 6) is -0.591. The van der Waals surface area contributed by atoms with Gasteiger partial charge in [0.05, 0.1) is 10.6 Å². The van der Waals surface area contributed by atoms with Crippen molar-refractivity contribution in [3.05, 3.63) is 58.9 Å². The fraction of sp³-hybridized carbons (Fsp3) is 0.111. The Balaban J connectivity index is 1.97. The van der Waals surface area contributed by atoms with Crippen molar-refractivity contribution in [1.82, 2.24) is 5.16 Å². The van der Waals surface area contributed by atoms with Crippen molar-refractivity contribution in [3.8, 4) is 22.6 Å². The van der Waals surface area contributed by atoms with E-state index in [1.807, 2.05) is 0 Å². The number of nitrogens with one attached hydrogen (secondary N) is 1. The third kappa shape index (κ3) is 3.72. The summed E-state index contributed by atoms with van der Waals surface area (Å²) in [6, 6.07) is 11.3. The first kappa shape index (κ1) is 18.4. The summed E-state index contributed by atoms with van der Waals surface area (Å²) in [5.41, 5.74) is 7.83. The number of halogens is 3. The minimum atomic E-state index is -0.518. The fourth-order valence-corrected chi connectivity index (χ4v) is 2.86. The minimum absolute atomic E-state index is 0.135. The number of aromatic nitrogens is 1. The highest BCUT2D eigenvalue weighted by atomic mass is 35.5. The molecule has 0 aliphatic heterocycles. The van der Waals surface area contributed by atoms with Crippen molar-refractivity contribution in [1.29, 1.82) is 0 Å². The monoisotopic (exact) mass is 393 g/mol. The van der Waals surface area contributed by atoms with Crippen molar-refractivity contribution in [2.45, 2.75) is 6.54 Å². The van der Waals surface area contributed by atoms with E-state index < -0.39 is 5.82 Å². The highest BCUT2D eigenvalue weighted by Crippen LogP contribution is 2.35. The molecule has 1 aromatic heterocycles. The van der Waals surface area contributed by atoms with Crippen LogP contribution in [0.5, 0.6) is 0 Å². The Morgan fingerprint density at radius 2 is 2.08 bits per heavy atom. The van der Waals surface area contributed by atoms with Crippen molar-refractivity contribution in [2.24, 2.45) is 5.73 Å². The van der Waals surface area contributed by atoms with Gasteiger partial charge in [-0.15, -0.1) is 11.6 Å². The summed E-state index contributed by atoms with van der Waals surface area (Å²) in [6.07, 6.45) is 0. The number of amides is 1. The lowest BCUT2D eigenvalue weighted by Crippen LogP contribution is -2.12. The van der Waals surface area contributed by atoms with Gasteiger partial charge < -0.3 is 15.6 Å². The molecule has 5 nitrogen and oxygen atoms in total. The predicted molar refractivity (Wildman–Crippen MR) is 99.6 cm³/mol. The molecule has 0 fully saturated rings. The molecule has 0 saturated carbocycles. The number of anilines is 1. The van der Waals surface area contributed by atoms with Crippen LogP contribution in [-0.2, 0) is 11.3 Å². The summed E-state index contributed by atoms with van der Waals surface area (Å²) in [4.78, 5) is 11.4. The number of nitrogens with two attached hydrogens (primary N) is 1. The summed E-state index contributed by atoms with van der Waals surface area (Å²) >= 11 is 11.7. The lowest BCUT2D eigenvalue weighted by Gasteiger charge is -2.06. The highest BCUT2D eigenvalue weighted by Gasteiger charge is 2.18. The molecule has 0 aliphatic carbocycles. The van der Waals surface area contributed by atoms with Crippen LogP contribution in [0.2, 0.25) is 5.02 Å². The summed E-state index contributed by atoms with van der Waals surface area (Å²) in [7, 11) is 0. The molecule has 0 spiro atoms. The number of alkyl halides is 1. The molecule has 2 aromatic carbocycles. The Hall–Kier alpha value is -2.41. The van der Waals surface area contributed by atoms with Gasteiger partial charge in [0.2, 0.25) is 5.91 Å². The van der Waals surface area contributed by atoms with Gasteiger partial charge in [-0.05, 0) is 23.8 Å². The smallest absolute Gasteiger partial charge is 0.239 e. The Kier molecular flexibility index (Phi) is 5.56. The molecule has 134 valence electrons. The van der Waals surface area contributed by atoms with Crippen LogP contribution in [0.4, 0.5) is 10.1 Å². The van der Waals surface area contributed by atoms with Crippen molar-refractivity contribution in [3.63, 3.8) is 0 Å². The standard InChI is InChI=1S/C18H14Cl2FN3O2/c19-8-16(25)23-12-3-1-2-10(6-12)15-7-14(24-26-15)17-13(21)5-4-11(9-22)18(17)20/h1-7H,8-9,22H2,(H,23,25). The van der Waals surface area contributed by atoms with Crippen LogP contribution in [0.3, 0.4) is 0 Å². The third-order valence-electron chi connectivity index (χ3n) is 3.71. The Bertz CT molecular complexity index is 959. The fourth-order valence-electron chi connectivity index (χ4n) is 2.46. The second-order valence-electron chi connectivity index (χ2n) is 5.44. The molecule has 3 N–H and O–H groups in total. The predicted octanol–water partition coefficient (Wildman–Crippen LogP) is 4.44. The summed E-state index contributed by atoms with van der Waals surface area (Å²) in [5, 5.41) is 6.77. The molecule has 1 heterocycles. The zero-order chi connectivity index (χ0) is 18.7. The van der Waals surface area contributed by atoms with Crippen LogP contribution in [0.1, 0.15) is 5.56 Å². The van der Waals surface area contributed by atoms with Crippen molar-refractivity contribution >= 4 is 34.8 Å². The average molecular weight is 394 g/mol. The van der Waals surface area contributed by atoms with Gasteiger partial charge in [0, 0.05) is 23.9 Å². The number of nitrogens with zero attached hydrogens (tertiary/aromatic N) is 1. The van der Waals surface area contributed by atoms with E-state index in [4.69, 9.17) is 33.5 Å². The van der Waals surface area contributed by atoms with Gasteiger partial charge in [0.25, 0.3) is 0 Å². The van der Waals surface area contributed by atoms with Crippen molar-refractivity contribution < 1.29 is 13.7 Å². The van der Waals surface area contributed by atoms with Crippen LogP contribution >= 0.6 is 23.2 Å². The molecule has 8 heteroatoms. The summed E-state index contributed by atoms with van der Waals surface area (Å²) in [6.45, 7) is 0.180. The van der Waals surface area contributed by atoms with Gasteiger partial charge >= 0.3 is 0 Å². The number of hydrogen-bond acceptors (Lipinski definition) is 4. The molecular formula is C18H14Cl2FN3O2. The minimum Gasteiger partial charge on any atom is -0.356 e. The topological polar surface area (TPSA) is 81.1 Å². The summed E-state index contributed by atoms with van der Waals surface area (Å²) < 4.78 is 19.6. The largest absolute Gasteiger partial charge is 0.356 e. The molecule has 1 amide bonds. The average Bonchev–Trinajstić information content (AvgIpc) is 3.12. The molecule has 0 atom stereocenters. The van der Waals surface area contributed by atoms with Crippen LogP contribution in [0.15, 0.2) is 47.0 Å². The van der Waals surface area contributed by atoms with Crippen LogP contribution in [-0.4, -0.2) is 16.9 Å². The maximum atomic E-state index is 14.2. The van der Waals surface area contributed by atoms with Crippen LogP contribution in [0, 0.1) is 5.82 Å². The van der Waals surface area contributed by atoms with Crippen LogP contribution < -0.4 is 11.1 Å². The second kappa shape index (κ2) is 7.86. The molecule has 0 bridgehead atoms. The molecule has 0 saturated heterocycles. The molecule has 0 unspecified atom stereocenters. The first-order valence-corrected chi connectivity index (χ1v) is 8.55. The number of rotatable bonds is 5. The molecular weight excluding hydrogens is 380 g/mol. The lowest BCUT2D eigenvalue weighted by atomic mass is 10.1. The van der Waals surface area contributed by atoms with Gasteiger partial charge in [0.1, 0.15) is 17.4 Å². The van der Waals surface area contributed by atoms with Gasteiger partial charge in [0.15, 0.2) is 5.76 Å². The van der Waals surface area contributed by atoms with E-state index in [1.54, 1.807) is 30.3 Å². The van der Waals surface area contributed by atoms with E-state index in [0.717, 1.165) is 0 Å². The first-order chi connectivity index (χ1) is 12.5.